The zero-order valence-corrected chi connectivity index (χ0v) is 21.6. The number of imidazole rings is 1. The van der Waals surface area contributed by atoms with Crippen LogP contribution in [-0.4, -0.2) is 28.8 Å². The van der Waals surface area contributed by atoms with Gasteiger partial charge in [0, 0.05) is 37.5 Å². The number of rotatable bonds is 12. The zero-order valence-electron chi connectivity index (χ0n) is 20.1. The van der Waals surface area contributed by atoms with Gasteiger partial charge in [0.1, 0.15) is 0 Å². The topological polar surface area (TPSA) is 101 Å². The van der Waals surface area contributed by atoms with Crippen LogP contribution >= 0.6 is 23.2 Å². The molecule has 0 aliphatic rings. The van der Waals surface area contributed by atoms with Gasteiger partial charge in [-0.05, 0) is 42.1 Å². The minimum atomic E-state index is -0.419. The van der Waals surface area contributed by atoms with Crippen molar-refractivity contribution in [3.05, 3.63) is 85.3 Å². The minimum Gasteiger partial charge on any atom is -0.339 e. The third-order valence-corrected chi connectivity index (χ3v) is 6.46. The van der Waals surface area contributed by atoms with Crippen LogP contribution in [0.3, 0.4) is 0 Å². The summed E-state index contributed by atoms with van der Waals surface area (Å²) in [6.07, 6.45) is 5.83. The van der Waals surface area contributed by atoms with Gasteiger partial charge in [-0.1, -0.05) is 54.7 Å². The van der Waals surface area contributed by atoms with Gasteiger partial charge in [0.05, 0.1) is 0 Å². The molecule has 0 saturated carbocycles. The second-order valence-corrected chi connectivity index (χ2v) is 9.34. The Morgan fingerprint density at radius 1 is 1.00 bits per heavy atom. The molecule has 0 amide bonds. The fraction of sp³-hybridized carbons (Fsp3) is 0.400. The van der Waals surface area contributed by atoms with Gasteiger partial charge in [-0.15, -0.1) is 6.58 Å². The first-order valence-electron chi connectivity index (χ1n) is 12.0. The maximum absolute atomic E-state index is 13.3. The van der Waals surface area contributed by atoms with Crippen molar-refractivity contribution in [2.45, 2.75) is 65.1 Å². The Morgan fingerprint density at radius 2 is 1.75 bits per heavy atom. The Bertz CT molecular complexity index is 1470. The van der Waals surface area contributed by atoms with E-state index in [0.717, 1.165) is 24.8 Å². The van der Waals surface area contributed by atoms with Gasteiger partial charge >= 0.3 is 5.69 Å². The SMILES string of the molecule is C=CCn1c(Cl)nc2c1c(=O)n(CCCc1nc(Cc3ccc(Cl)cc3)no1)c(=O)n2CCCCC. The maximum atomic E-state index is 13.3. The van der Waals surface area contributed by atoms with Crippen LogP contribution in [0, 0.1) is 0 Å². The Balaban J connectivity index is 1.55. The van der Waals surface area contributed by atoms with E-state index < -0.39 is 11.2 Å². The lowest BCUT2D eigenvalue weighted by Gasteiger charge is -2.12. The lowest BCUT2D eigenvalue weighted by atomic mass is 10.1. The van der Waals surface area contributed by atoms with E-state index in [0.29, 0.717) is 60.3 Å². The standard InChI is InChI=1S/C25H28Cl2N6O3/c1-3-5-6-14-32-22-21(31(13-4-2)24(27)29-22)23(34)33(25(32)35)15-7-8-20-28-19(30-36-20)16-17-9-11-18(26)12-10-17/h4,9-12H,2-3,5-8,13-16H2,1H3. The largest absolute Gasteiger partial charge is 0.339 e. The lowest BCUT2D eigenvalue weighted by molar-refractivity contribution is 0.367. The third-order valence-electron chi connectivity index (χ3n) is 5.92. The first-order valence-corrected chi connectivity index (χ1v) is 12.7. The van der Waals surface area contributed by atoms with Crippen molar-refractivity contribution in [3.8, 4) is 0 Å². The number of fused-ring (bicyclic) bond motifs is 1. The number of hydrogen-bond acceptors (Lipinski definition) is 6. The highest BCUT2D eigenvalue weighted by Crippen LogP contribution is 2.17. The van der Waals surface area contributed by atoms with E-state index in [1.807, 2.05) is 24.3 Å². The van der Waals surface area contributed by atoms with Gasteiger partial charge < -0.3 is 9.09 Å². The summed E-state index contributed by atoms with van der Waals surface area (Å²) in [6, 6.07) is 7.46. The number of aromatic nitrogens is 6. The lowest BCUT2D eigenvalue weighted by Crippen LogP contribution is -2.40. The van der Waals surface area contributed by atoms with Crippen LogP contribution in [0.1, 0.15) is 49.9 Å². The van der Waals surface area contributed by atoms with Crippen LogP contribution in [0.15, 0.2) is 51.0 Å². The molecule has 1 aromatic carbocycles. The van der Waals surface area contributed by atoms with Crippen LogP contribution in [0.5, 0.6) is 0 Å². The van der Waals surface area contributed by atoms with Crippen molar-refractivity contribution >= 4 is 34.4 Å². The van der Waals surface area contributed by atoms with E-state index in [2.05, 4.69) is 28.6 Å². The van der Waals surface area contributed by atoms with Gasteiger partial charge in [0.2, 0.25) is 11.2 Å². The Morgan fingerprint density at radius 3 is 2.47 bits per heavy atom. The number of allylic oxidation sites excluding steroid dienone is 1. The van der Waals surface area contributed by atoms with E-state index in [-0.39, 0.29) is 11.8 Å². The molecule has 190 valence electrons. The summed E-state index contributed by atoms with van der Waals surface area (Å²) >= 11 is 12.2. The summed E-state index contributed by atoms with van der Waals surface area (Å²) in [4.78, 5) is 35.4. The number of unbranched alkanes of at least 4 members (excludes halogenated alkanes) is 2. The molecule has 4 rings (SSSR count). The van der Waals surface area contributed by atoms with Crippen LogP contribution in [0.2, 0.25) is 10.3 Å². The van der Waals surface area contributed by atoms with E-state index in [1.54, 1.807) is 15.2 Å². The molecule has 3 aromatic heterocycles. The fourth-order valence-corrected chi connectivity index (χ4v) is 4.47. The predicted octanol–water partition coefficient (Wildman–Crippen LogP) is 4.65. The minimum absolute atomic E-state index is 0.155. The normalized spacial score (nSPS) is 11.4. The molecule has 0 saturated heterocycles. The second kappa shape index (κ2) is 11.7. The van der Waals surface area contributed by atoms with Crippen molar-refractivity contribution in [3.63, 3.8) is 0 Å². The van der Waals surface area contributed by atoms with Crippen molar-refractivity contribution in [2.75, 3.05) is 0 Å². The Labute approximate surface area is 218 Å². The number of hydrogen-bond donors (Lipinski definition) is 0. The van der Waals surface area contributed by atoms with Crippen LogP contribution < -0.4 is 11.2 Å². The molecule has 0 N–H and O–H groups in total. The molecule has 0 spiro atoms. The number of aryl methyl sites for hydroxylation is 2. The summed E-state index contributed by atoms with van der Waals surface area (Å²) in [5.74, 6) is 1.02. The predicted molar refractivity (Wildman–Crippen MR) is 140 cm³/mol. The summed E-state index contributed by atoms with van der Waals surface area (Å²) in [6.45, 7) is 6.81. The van der Waals surface area contributed by atoms with Gasteiger partial charge in [-0.25, -0.2) is 4.79 Å². The summed E-state index contributed by atoms with van der Waals surface area (Å²) in [5.41, 5.74) is 0.825. The monoisotopic (exact) mass is 530 g/mol. The third kappa shape index (κ3) is 5.63. The molecule has 0 bridgehead atoms. The number of nitrogens with zero attached hydrogens (tertiary/aromatic N) is 6. The average Bonchev–Trinajstić information content (AvgIpc) is 3.44. The van der Waals surface area contributed by atoms with Gasteiger partial charge in [0.15, 0.2) is 17.0 Å². The first-order chi connectivity index (χ1) is 17.4. The van der Waals surface area contributed by atoms with E-state index in [9.17, 15) is 9.59 Å². The quantitative estimate of drug-likeness (QED) is 0.150. The van der Waals surface area contributed by atoms with Crippen LogP contribution in [0.25, 0.3) is 11.2 Å². The average molecular weight is 531 g/mol. The van der Waals surface area contributed by atoms with Gasteiger partial charge in [-0.3, -0.25) is 13.9 Å². The molecule has 9 nitrogen and oxygen atoms in total. The van der Waals surface area contributed by atoms with E-state index >= 15 is 0 Å². The van der Waals surface area contributed by atoms with E-state index in [1.165, 1.54) is 4.57 Å². The van der Waals surface area contributed by atoms with E-state index in [4.69, 9.17) is 27.7 Å². The van der Waals surface area contributed by atoms with Crippen molar-refractivity contribution in [1.82, 2.24) is 28.8 Å². The molecular formula is C25H28Cl2N6O3. The summed E-state index contributed by atoms with van der Waals surface area (Å²) in [5, 5.41) is 4.86. The highest BCUT2D eigenvalue weighted by atomic mass is 35.5. The molecule has 11 heteroatoms. The number of halogens is 2. The summed E-state index contributed by atoms with van der Waals surface area (Å²) < 4.78 is 9.75. The smallest absolute Gasteiger partial charge is 0.332 e. The molecule has 0 aliphatic heterocycles. The van der Waals surface area contributed by atoms with Gasteiger partial charge in [0.25, 0.3) is 5.56 Å². The molecular weight excluding hydrogens is 503 g/mol. The molecule has 0 aliphatic carbocycles. The molecule has 0 unspecified atom stereocenters. The highest BCUT2D eigenvalue weighted by molar-refractivity contribution is 6.30. The van der Waals surface area contributed by atoms with Crippen molar-refractivity contribution in [2.24, 2.45) is 0 Å². The molecule has 36 heavy (non-hydrogen) atoms. The number of benzene rings is 1. The van der Waals surface area contributed by atoms with Crippen LogP contribution in [-0.2, 0) is 32.5 Å². The highest BCUT2D eigenvalue weighted by Gasteiger charge is 2.20. The molecule has 0 radical (unpaired) electrons. The summed E-state index contributed by atoms with van der Waals surface area (Å²) in [7, 11) is 0. The molecule has 3 heterocycles. The molecule has 0 atom stereocenters. The fourth-order valence-electron chi connectivity index (χ4n) is 4.12. The van der Waals surface area contributed by atoms with Crippen molar-refractivity contribution < 1.29 is 4.52 Å². The zero-order chi connectivity index (χ0) is 25.7. The van der Waals surface area contributed by atoms with Crippen LogP contribution in [0.4, 0.5) is 0 Å². The molecule has 0 fully saturated rings. The maximum Gasteiger partial charge on any atom is 0.332 e. The Kier molecular flexibility index (Phi) is 8.43. The molecule has 4 aromatic rings. The van der Waals surface area contributed by atoms with Gasteiger partial charge in [-0.2, -0.15) is 9.97 Å². The second-order valence-electron chi connectivity index (χ2n) is 8.56. The Hall–Kier alpha value is -3.17. The first kappa shape index (κ1) is 25.9. The van der Waals surface area contributed by atoms with Crippen molar-refractivity contribution in [1.29, 1.82) is 0 Å².